The molecule has 0 bridgehead atoms. The van der Waals surface area contributed by atoms with Crippen LogP contribution in [0.4, 0.5) is 17.1 Å². The van der Waals surface area contributed by atoms with Crippen molar-refractivity contribution in [3.63, 3.8) is 0 Å². The first-order chi connectivity index (χ1) is 14.0. The van der Waals surface area contributed by atoms with E-state index in [1.807, 2.05) is 54.6 Å². The molecule has 29 heavy (non-hydrogen) atoms. The lowest BCUT2D eigenvalue weighted by Crippen LogP contribution is -2.26. The summed E-state index contributed by atoms with van der Waals surface area (Å²) >= 11 is 0. The van der Waals surface area contributed by atoms with Gasteiger partial charge in [0.15, 0.2) is 0 Å². The van der Waals surface area contributed by atoms with Crippen molar-refractivity contribution in [1.29, 1.82) is 0 Å². The Bertz CT molecular complexity index is 1000. The Morgan fingerprint density at radius 1 is 1.07 bits per heavy atom. The fourth-order valence-corrected chi connectivity index (χ4v) is 2.90. The molecule has 3 aromatic carbocycles. The van der Waals surface area contributed by atoms with Crippen LogP contribution in [0, 0.1) is 10.1 Å². The molecule has 7 heteroatoms. The number of rotatable bonds is 7. The number of nitro benzene ring substituents is 1. The van der Waals surface area contributed by atoms with E-state index in [0.29, 0.717) is 12.2 Å². The number of anilines is 2. The van der Waals surface area contributed by atoms with Crippen LogP contribution in [-0.4, -0.2) is 29.9 Å². The summed E-state index contributed by atoms with van der Waals surface area (Å²) < 4.78 is 5.13. The van der Waals surface area contributed by atoms with E-state index in [1.54, 1.807) is 26.3 Å². The molecular weight excluding hydrogens is 370 g/mol. The number of para-hydroxylation sites is 1. The first-order valence-electron chi connectivity index (χ1n) is 8.97. The minimum atomic E-state index is -0.495. The number of amides is 1. The number of benzene rings is 3. The molecule has 0 aliphatic carbocycles. The van der Waals surface area contributed by atoms with Gasteiger partial charge in [0.1, 0.15) is 11.4 Å². The summed E-state index contributed by atoms with van der Waals surface area (Å²) in [5.74, 6) is 0.440. The van der Waals surface area contributed by atoms with Crippen LogP contribution < -0.4 is 10.1 Å². The monoisotopic (exact) mass is 391 g/mol. The fraction of sp³-hybridized carbons (Fsp3) is 0.136. The maximum absolute atomic E-state index is 12.8. The Morgan fingerprint density at radius 3 is 2.38 bits per heavy atom. The minimum Gasteiger partial charge on any atom is -0.497 e. The van der Waals surface area contributed by atoms with Crippen LogP contribution in [0.2, 0.25) is 0 Å². The second kappa shape index (κ2) is 8.88. The van der Waals surface area contributed by atoms with Gasteiger partial charge >= 0.3 is 0 Å². The molecule has 0 aliphatic rings. The number of carbonyl (C=O) groups is 1. The van der Waals surface area contributed by atoms with Gasteiger partial charge in [0.2, 0.25) is 0 Å². The van der Waals surface area contributed by atoms with Crippen LogP contribution in [0.5, 0.6) is 5.75 Å². The van der Waals surface area contributed by atoms with Gasteiger partial charge in [0, 0.05) is 30.9 Å². The first-order valence-corrected chi connectivity index (χ1v) is 8.97. The van der Waals surface area contributed by atoms with Gasteiger partial charge in [-0.3, -0.25) is 14.9 Å². The van der Waals surface area contributed by atoms with E-state index in [-0.39, 0.29) is 17.2 Å². The Labute approximate surface area is 168 Å². The summed E-state index contributed by atoms with van der Waals surface area (Å²) in [7, 11) is 3.25. The molecule has 0 saturated carbocycles. The highest BCUT2D eigenvalue weighted by atomic mass is 16.6. The van der Waals surface area contributed by atoms with Crippen molar-refractivity contribution in [1.82, 2.24) is 4.90 Å². The van der Waals surface area contributed by atoms with E-state index in [0.717, 1.165) is 17.0 Å². The average molecular weight is 391 g/mol. The number of hydrogen-bond acceptors (Lipinski definition) is 5. The van der Waals surface area contributed by atoms with Gasteiger partial charge in [-0.15, -0.1) is 0 Å². The zero-order chi connectivity index (χ0) is 20.8. The smallest absolute Gasteiger partial charge is 0.293 e. The maximum atomic E-state index is 12.8. The van der Waals surface area contributed by atoms with Crippen LogP contribution >= 0.6 is 0 Å². The lowest BCUT2D eigenvalue weighted by molar-refractivity contribution is -0.383. The van der Waals surface area contributed by atoms with Crippen molar-refractivity contribution in [2.45, 2.75) is 6.54 Å². The van der Waals surface area contributed by atoms with Crippen LogP contribution in [0.1, 0.15) is 15.9 Å². The SMILES string of the molecule is COc1ccc(CN(C)C(=O)c2ccc(Nc3ccccc3)c([N+](=O)[O-])c2)cc1. The topological polar surface area (TPSA) is 84.7 Å². The molecule has 0 atom stereocenters. The van der Waals surface area contributed by atoms with Gasteiger partial charge in [0.25, 0.3) is 11.6 Å². The van der Waals surface area contributed by atoms with E-state index in [2.05, 4.69) is 5.32 Å². The van der Waals surface area contributed by atoms with Gasteiger partial charge in [-0.2, -0.15) is 0 Å². The lowest BCUT2D eigenvalue weighted by Gasteiger charge is -2.18. The lowest BCUT2D eigenvalue weighted by atomic mass is 10.1. The van der Waals surface area contributed by atoms with Crippen LogP contribution in [0.15, 0.2) is 72.8 Å². The molecule has 0 spiro atoms. The van der Waals surface area contributed by atoms with Gasteiger partial charge < -0.3 is 15.0 Å². The highest BCUT2D eigenvalue weighted by Crippen LogP contribution is 2.29. The molecule has 0 fully saturated rings. The Hall–Kier alpha value is -3.87. The molecule has 0 radical (unpaired) electrons. The highest BCUT2D eigenvalue weighted by Gasteiger charge is 2.20. The molecule has 7 nitrogen and oxygen atoms in total. The zero-order valence-corrected chi connectivity index (χ0v) is 16.2. The summed E-state index contributed by atoms with van der Waals surface area (Å²) in [6.45, 7) is 0.376. The predicted octanol–water partition coefficient (Wildman–Crippen LogP) is 4.62. The molecule has 148 valence electrons. The summed E-state index contributed by atoms with van der Waals surface area (Å²) in [6, 6.07) is 21.0. The molecule has 3 aromatic rings. The van der Waals surface area contributed by atoms with Crippen molar-refractivity contribution >= 4 is 23.0 Å². The number of carbonyl (C=O) groups excluding carboxylic acids is 1. The molecule has 0 aromatic heterocycles. The normalized spacial score (nSPS) is 10.3. The highest BCUT2D eigenvalue weighted by molar-refractivity contribution is 5.95. The van der Waals surface area contributed by atoms with Crippen LogP contribution in [0.3, 0.4) is 0 Å². The second-order valence-corrected chi connectivity index (χ2v) is 6.49. The summed E-state index contributed by atoms with van der Waals surface area (Å²) in [6.07, 6.45) is 0. The summed E-state index contributed by atoms with van der Waals surface area (Å²) in [5, 5.41) is 14.6. The van der Waals surface area contributed by atoms with Crippen molar-refractivity contribution < 1.29 is 14.5 Å². The van der Waals surface area contributed by atoms with E-state index < -0.39 is 4.92 Å². The molecule has 1 N–H and O–H groups in total. The molecule has 0 aliphatic heterocycles. The van der Waals surface area contributed by atoms with Gasteiger partial charge in [-0.05, 0) is 42.0 Å². The van der Waals surface area contributed by atoms with Crippen molar-refractivity contribution in [3.05, 3.63) is 94.0 Å². The summed E-state index contributed by atoms with van der Waals surface area (Å²) in [5.41, 5.74) is 2.09. The molecule has 3 rings (SSSR count). The number of methoxy groups -OCH3 is 1. The maximum Gasteiger partial charge on any atom is 0.293 e. The molecule has 0 heterocycles. The third-order valence-corrected chi connectivity index (χ3v) is 4.42. The minimum absolute atomic E-state index is 0.155. The Morgan fingerprint density at radius 2 is 1.76 bits per heavy atom. The molecule has 0 unspecified atom stereocenters. The Balaban J connectivity index is 1.79. The standard InChI is InChI=1S/C22H21N3O4/c1-24(15-16-8-11-19(29-2)12-9-16)22(26)17-10-13-20(21(14-17)25(27)28)23-18-6-4-3-5-7-18/h3-14,23H,15H2,1-2H3. The van der Waals surface area contributed by atoms with Crippen molar-refractivity contribution in [2.24, 2.45) is 0 Å². The quantitative estimate of drug-likeness (QED) is 0.469. The van der Waals surface area contributed by atoms with Crippen LogP contribution in [0.25, 0.3) is 0 Å². The van der Waals surface area contributed by atoms with Gasteiger partial charge in [0.05, 0.1) is 12.0 Å². The Kier molecular flexibility index (Phi) is 6.09. The average Bonchev–Trinajstić information content (AvgIpc) is 2.74. The number of nitro groups is 1. The molecule has 1 amide bonds. The number of hydrogen-bond donors (Lipinski definition) is 1. The second-order valence-electron chi connectivity index (χ2n) is 6.49. The van der Waals surface area contributed by atoms with E-state index >= 15 is 0 Å². The van der Waals surface area contributed by atoms with E-state index in [4.69, 9.17) is 4.74 Å². The zero-order valence-electron chi connectivity index (χ0n) is 16.2. The number of ether oxygens (including phenoxy) is 1. The van der Waals surface area contributed by atoms with Gasteiger partial charge in [-0.25, -0.2) is 0 Å². The number of nitrogens with zero attached hydrogens (tertiary/aromatic N) is 2. The fourth-order valence-electron chi connectivity index (χ4n) is 2.90. The van der Waals surface area contributed by atoms with E-state index in [1.165, 1.54) is 11.0 Å². The first kappa shape index (κ1) is 19.9. The molecule has 0 saturated heterocycles. The van der Waals surface area contributed by atoms with Crippen LogP contribution in [-0.2, 0) is 6.54 Å². The third-order valence-electron chi connectivity index (χ3n) is 4.42. The number of nitrogens with one attached hydrogen (secondary N) is 1. The predicted molar refractivity (Wildman–Crippen MR) is 112 cm³/mol. The molecular formula is C22H21N3O4. The van der Waals surface area contributed by atoms with Gasteiger partial charge in [-0.1, -0.05) is 30.3 Å². The van der Waals surface area contributed by atoms with Crippen molar-refractivity contribution in [3.8, 4) is 5.75 Å². The van der Waals surface area contributed by atoms with E-state index in [9.17, 15) is 14.9 Å². The van der Waals surface area contributed by atoms with Crippen molar-refractivity contribution in [2.75, 3.05) is 19.5 Å². The largest absolute Gasteiger partial charge is 0.497 e. The third kappa shape index (κ3) is 4.90. The summed E-state index contributed by atoms with van der Waals surface area (Å²) in [4.78, 5) is 25.3.